The Bertz CT molecular complexity index is 1440. The molecule has 14 heteroatoms. The fraction of sp³-hybridized carbons (Fsp3) is 0.444. The molecule has 41 heavy (non-hydrogen) atoms. The zero-order valence-corrected chi connectivity index (χ0v) is 23.0. The quantitative estimate of drug-likeness (QED) is 0.258. The van der Waals surface area contributed by atoms with Gasteiger partial charge in [-0.15, -0.1) is 0 Å². The summed E-state index contributed by atoms with van der Waals surface area (Å²) in [5.41, 5.74) is 0.965. The third kappa shape index (κ3) is 6.37. The Hall–Kier alpha value is -3.94. The number of nitrogens with zero attached hydrogens (tertiary/aromatic N) is 3. The van der Waals surface area contributed by atoms with Crippen LogP contribution in [0.25, 0.3) is 11.3 Å². The highest BCUT2D eigenvalue weighted by Gasteiger charge is 2.39. The van der Waals surface area contributed by atoms with Gasteiger partial charge in [0.25, 0.3) is 5.91 Å². The maximum Gasteiger partial charge on any atom is 0.417 e. The van der Waals surface area contributed by atoms with Crippen LogP contribution in [0.2, 0.25) is 0 Å². The zero-order chi connectivity index (χ0) is 30.1. The Morgan fingerprint density at radius 3 is 2.63 bits per heavy atom. The number of nitrogens with two attached hydrogens (primary N) is 1. The molecule has 0 radical (unpaired) electrons. The third-order valence-electron chi connectivity index (χ3n) is 6.90. The topological polar surface area (TPSA) is 119 Å². The van der Waals surface area contributed by atoms with Crippen LogP contribution in [0.1, 0.15) is 53.9 Å². The number of hydrogen-bond donors (Lipinski definition) is 4. The zero-order valence-electron chi connectivity index (χ0n) is 23.0. The highest BCUT2D eigenvalue weighted by Crippen LogP contribution is 2.44. The number of alkyl halides is 3. The molecule has 1 amide bonds. The van der Waals surface area contributed by atoms with E-state index in [0.29, 0.717) is 31.1 Å². The molecule has 4 rings (SSSR count). The number of hydrogen-bond acceptors (Lipinski definition) is 7. The summed E-state index contributed by atoms with van der Waals surface area (Å²) >= 11 is 0. The predicted octanol–water partition coefficient (Wildman–Crippen LogP) is 4.55. The van der Waals surface area contributed by atoms with Gasteiger partial charge >= 0.3 is 6.18 Å². The SMILES string of the molecule is CCC1CNC(=O)c2c(nc(-c3cc(N)c(F)c(C)c3C(F)(F)F)c(F)c2NCc2cn(C)cn2)O[C@@H](C)CCN1. The molecule has 0 fully saturated rings. The predicted molar refractivity (Wildman–Crippen MR) is 143 cm³/mol. The number of halogens is 5. The number of carbonyl (C=O) groups excluding carboxylic acids is 1. The summed E-state index contributed by atoms with van der Waals surface area (Å²) in [5, 5.41) is 8.87. The van der Waals surface area contributed by atoms with Crippen LogP contribution in [-0.4, -0.2) is 45.7 Å². The maximum absolute atomic E-state index is 16.4. The lowest BCUT2D eigenvalue weighted by atomic mass is 9.95. The molecule has 1 aliphatic rings. The Labute approximate surface area is 233 Å². The van der Waals surface area contributed by atoms with E-state index in [1.807, 2.05) is 6.92 Å². The smallest absolute Gasteiger partial charge is 0.417 e. The number of imidazole rings is 1. The van der Waals surface area contributed by atoms with Crippen LogP contribution in [-0.2, 0) is 19.8 Å². The molecule has 1 unspecified atom stereocenters. The number of rotatable bonds is 5. The lowest BCUT2D eigenvalue weighted by molar-refractivity contribution is -0.137. The monoisotopic (exact) mass is 581 g/mol. The average molecular weight is 582 g/mol. The number of benzene rings is 1. The number of nitrogens with one attached hydrogen (secondary N) is 3. The number of aryl methyl sites for hydroxylation is 1. The van der Waals surface area contributed by atoms with E-state index in [0.717, 1.165) is 6.92 Å². The van der Waals surface area contributed by atoms with Gasteiger partial charge in [0, 0.05) is 31.4 Å². The second kappa shape index (κ2) is 11.9. The number of fused-ring (bicyclic) bond motifs is 1. The van der Waals surface area contributed by atoms with Crippen LogP contribution in [0.4, 0.5) is 33.3 Å². The summed E-state index contributed by atoms with van der Waals surface area (Å²) in [6.45, 7) is 5.21. The number of anilines is 2. The molecular formula is C27H32F5N7O2. The van der Waals surface area contributed by atoms with Crippen LogP contribution in [0.5, 0.6) is 5.88 Å². The van der Waals surface area contributed by atoms with E-state index in [9.17, 15) is 22.4 Å². The molecule has 0 spiro atoms. The molecule has 222 valence electrons. The van der Waals surface area contributed by atoms with Crippen molar-refractivity contribution in [3.8, 4) is 17.1 Å². The fourth-order valence-electron chi connectivity index (χ4n) is 4.70. The molecule has 0 bridgehead atoms. The van der Waals surface area contributed by atoms with Crippen molar-refractivity contribution in [3.63, 3.8) is 0 Å². The summed E-state index contributed by atoms with van der Waals surface area (Å²) in [5.74, 6) is -3.64. The second-order valence-corrected chi connectivity index (χ2v) is 10.0. The molecule has 0 aliphatic carbocycles. The molecule has 1 aromatic carbocycles. The summed E-state index contributed by atoms with van der Waals surface area (Å²) in [7, 11) is 1.73. The summed E-state index contributed by atoms with van der Waals surface area (Å²) in [6, 6.07) is 0.616. The van der Waals surface area contributed by atoms with Gasteiger partial charge in [-0.2, -0.15) is 13.2 Å². The summed E-state index contributed by atoms with van der Waals surface area (Å²) < 4.78 is 81.2. The summed E-state index contributed by atoms with van der Waals surface area (Å²) in [4.78, 5) is 21.8. The average Bonchev–Trinajstić information content (AvgIpc) is 3.31. The van der Waals surface area contributed by atoms with Crippen LogP contribution < -0.4 is 26.4 Å². The molecule has 2 atom stereocenters. The minimum Gasteiger partial charge on any atom is -0.474 e. The first kappa shape index (κ1) is 30.0. The van der Waals surface area contributed by atoms with E-state index in [4.69, 9.17) is 10.5 Å². The second-order valence-electron chi connectivity index (χ2n) is 10.0. The van der Waals surface area contributed by atoms with E-state index in [1.54, 1.807) is 24.7 Å². The van der Waals surface area contributed by atoms with Crippen LogP contribution >= 0.6 is 0 Å². The molecule has 0 saturated heterocycles. The van der Waals surface area contributed by atoms with E-state index in [1.165, 1.54) is 6.33 Å². The van der Waals surface area contributed by atoms with E-state index in [2.05, 4.69) is 25.9 Å². The normalized spacial score (nSPS) is 18.2. The molecule has 3 heterocycles. The minimum absolute atomic E-state index is 0.0748. The van der Waals surface area contributed by atoms with Gasteiger partial charge in [-0.3, -0.25) is 4.79 Å². The molecule has 9 nitrogen and oxygen atoms in total. The van der Waals surface area contributed by atoms with Crippen molar-refractivity contribution in [2.45, 2.75) is 58.5 Å². The van der Waals surface area contributed by atoms with Gasteiger partial charge in [-0.25, -0.2) is 18.7 Å². The van der Waals surface area contributed by atoms with Gasteiger partial charge in [0.15, 0.2) is 5.82 Å². The number of pyridine rings is 1. The van der Waals surface area contributed by atoms with Gasteiger partial charge in [0.05, 0.1) is 41.6 Å². The largest absolute Gasteiger partial charge is 0.474 e. The van der Waals surface area contributed by atoms with Crippen LogP contribution in [0, 0.1) is 18.6 Å². The molecular weight excluding hydrogens is 549 g/mol. The van der Waals surface area contributed by atoms with Crippen LogP contribution in [0.3, 0.4) is 0 Å². The van der Waals surface area contributed by atoms with Gasteiger partial charge < -0.3 is 31.0 Å². The van der Waals surface area contributed by atoms with Crippen molar-refractivity contribution in [2.24, 2.45) is 7.05 Å². The van der Waals surface area contributed by atoms with Crippen molar-refractivity contribution in [1.82, 2.24) is 25.2 Å². The molecule has 1 aliphatic heterocycles. The Balaban J connectivity index is 1.98. The highest BCUT2D eigenvalue weighted by atomic mass is 19.4. The van der Waals surface area contributed by atoms with Crippen molar-refractivity contribution < 1.29 is 31.5 Å². The number of ether oxygens (including phenoxy) is 1. The maximum atomic E-state index is 16.4. The first-order valence-corrected chi connectivity index (χ1v) is 13.1. The number of nitrogen functional groups attached to an aromatic ring is 1. The number of aromatic nitrogens is 3. The van der Waals surface area contributed by atoms with Crippen molar-refractivity contribution in [2.75, 3.05) is 24.1 Å². The van der Waals surface area contributed by atoms with Crippen molar-refractivity contribution in [3.05, 3.63) is 52.6 Å². The van der Waals surface area contributed by atoms with Crippen molar-refractivity contribution >= 4 is 17.3 Å². The fourth-order valence-corrected chi connectivity index (χ4v) is 4.70. The highest BCUT2D eigenvalue weighted by molar-refractivity contribution is 6.03. The van der Waals surface area contributed by atoms with Crippen molar-refractivity contribution in [1.29, 1.82) is 0 Å². The Morgan fingerprint density at radius 2 is 2.00 bits per heavy atom. The molecule has 0 saturated carbocycles. The number of amides is 1. The lowest BCUT2D eigenvalue weighted by Crippen LogP contribution is -2.41. The molecule has 2 aromatic heterocycles. The third-order valence-corrected chi connectivity index (χ3v) is 6.90. The standard InChI is InChI=1S/C27H32F5N7O2/c1-5-15-9-36-25(40)19-24(35-10-16-11-39(4)12-37-16)22(29)23(38-26(19)41-13(2)6-7-34-15)17-8-18(33)21(28)14(3)20(17)27(30,31)32/h8,11-13,15,34H,5-7,9-10,33H2,1-4H3,(H,35,38)(H,36,40)/t13-,15?/m0/s1. The first-order valence-electron chi connectivity index (χ1n) is 13.1. The Morgan fingerprint density at radius 1 is 1.27 bits per heavy atom. The van der Waals surface area contributed by atoms with Gasteiger partial charge in [-0.05, 0) is 44.9 Å². The summed E-state index contributed by atoms with van der Waals surface area (Å²) in [6.07, 6.45) is -1.30. The lowest BCUT2D eigenvalue weighted by Gasteiger charge is -2.22. The van der Waals surface area contributed by atoms with Gasteiger partial charge in [0.1, 0.15) is 17.1 Å². The van der Waals surface area contributed by atoms with Crippen LogP contribution in [0.15, 0.2) is 18.6 Å². The number of carbonyl (C=O) groups is 1. The van der Waals surface area contributed by atoms with E-state index >= 15 is 4.39 Å². The minimum atomic E-state index is -5.08. The molecule has 5 N–H and O–H groups in total. The first-order chi connectivity index (χ1) is 19.3. The van der Waals surface area contributed by atoms with Gasteiger partial charge in [-0.1, -0.05) is 6.92 Å². The van der Waals surface area contributed by atoms with Gasteiger partial charge in [0.2, 0.25) is 5.88 Å². The van der Waals surface area contributed by atoms with E-state index < -0.39 is 63.6 Å². The molecule has 3 aromatic rings. The Kier molecular flexibility index (Phi) is 8.71. The van der Waals surface area contributed by atoms with E-state index in [-0.39, 0.29) is 30.6 Å².